The Kier molecular flexibility index (Phi) is 5.18. The van der Waals surface area contributed by atoms with Gasteiger partial charge >= 0.3 is 0 Å². The summed E-state index contributed by atoms with van der Waals surface area (Å²) in [4.78, 5) is 32.3. The van der Waals surface area contributed by atoms with Gasteiger partial charge in [0.15, 0.2) is 0 Å². The highest BCUT2D eigenvalue weighted by atomic mass is 16.2. The first-order valence-electron chi connectivity index (χ1n) is 9.81. The Morgan fingerprint density at radius 2 is 1.59 bits per heavy atom. The number of aryl methyl sites for hydroxylation is 1. The minimum atomic E-state index is 0.128. The third-order valence-electron chi connectivity index (χ3n) is 5.38. The molecule has 7 nitrogen and oxygen atoms in total. The second-order valence-electron chi connectivity index (χ2n) is 7.10. The number of nitrogens with zero attached hydrogens (tertiary/aromatic N) is 6. The lowest BCUT2D eigenvalue weighted by molar-refractivity contribution is 0.0792. The number of rotatable bonds is 4. The zero-order chi connectivity index (χ0) is 18.6. The number of aromatic nitrogens is 3. The van der Waals surface area contributed by atoms with E-state index >= 15 is 0 Å². The second-order valence-corrected chi connectivity index (χ2v) is 7.10. The summed E-state index contributed by atoms with van der Waals surface area (Å²) in [5, 5.41) is 0. The monoisotopic (exact) mass is 366 g/mol. The highest BCUT2D eigenvalue weighted by molar-refractivity contribution is 5.95. The molecule has 2 saturated heterocycles. The molecule has 7 heteroatoms. The van der Waals surface area contributed by atoms with Gasteiger partial charge in [-0.1, -0.05) is 6.92 Å². The van der Waals surface area contributed by atoms with Crippen LogP contribution < -0.4 is 9.80 Å². The maximum Gasteiger partial charge on any atom is 0.254 e. The maximum absolute atomic E-state index is 12.6. The molecule has 2 aliphatic heterocycles. The van der Waals surface area contributed by atoms with E-state index < -0.39 is 0 Å². The van der Waals surface area contributed by atoms with Crippen LogP contribution in [0.5, 0.6) is 0 Å². The number of carbonyl (C=O) groups excluding carboxylic acids is 1. The van der Waals surface area contributed by atoms with Gasteiger partial charge < -0.3 is 14.7 Å². The Labute approximate surface area is 160 Å². The smallest absolute Gasteiger partial charge is 0.254 e. The molecule has 2 aromatic rings. The lowest BCUT2D eigenvalue weighted by atomic mass is 10.2. The van der Waals surface area contributed by atoms with Crippen molar-refractivity contribution in [3.8, 4) is 0 Å². The van der Waals surface area contributed by atoms with Crippen molar-refractivity contribution in [3.63, 3.8) is 0 Å². The van der Waals surface area contributed by atoms with Crippen LogP contribution in [0.1, 0.15) is 35.8 Å². The lowest BCUT2D eigenvalue weighted by Crippen LogP contribution is -2.47. The molecule has 4 rings (SSSR count). The zero-order valence-electron chi connectivity index (χ0n) is 15.8. The van der Waals surface area contributed by atoms with E-state index in [0.29, 0.717) is 0 Å². The fourth-order valence-electron chi connectivity index (χ4n) is 3.74. The van der Waals surface area contributed by atoms with E-state index in [0.717, 1.165) is 81.4 Å². The van der Waals surface area contributed by atoms with E-state index in [4.69, 9.17) is 0 Å². The molecule has 0 saturated carbocycles. The fraction of sp³-hybridized carbons (Fsp3) is 0.500. The summed E-state index contributed by atoms with van der Waals surface area (Å²) in [6, 6.07) is 5.84. The van der Waals surface area contributed by atoms with Crippen LogP contribution in [-0.2, 0) is 6.42 Å². The van der Waals surface area contributed by atoms with Crippen molar-refractivity contribution in [1.82, 2.24) is 19.9 Å². The van der Waals surface area contributed by atoms with Crippen LogP contribution in [0.15, 0.2) is 30.7 Å². The molecule has 0 radical (unpaired) electrons. The highest BCUT2D eigenvalue weighted by Crippen LogP contribution is 2.20. The third-order valence-corrected chi connectivity index (χ3v) is 5.38. The van der Waals surface area contributed by atoms with E-state index in [1.54, 1.807) is 12.5 Å². The average molecular weight is 366 g/mol. The Balaban J connectivity index is 1.42. The summed E-state index contributed by atoms with van der Waals surface area (Å²) in [7, 11) is 0. The number of pyridine rings is 1. The molecule has 0 bridgehead atoms. The summed E-state index contributed by atoms with van der Waals surface area (Å²) in [6.45, 7) is 7.33. The van der Waals surface area contributed by atoms with Crippen molar-refractivity contribution in [3.05, 3.63) is 42.0 Å². The predicted molar refractivity (Wildman–Crippen MR) is 105 cm³/mol. The van der Waals surface area contributed by atoms with Crippen LogP contribution in [0.25, 0.3) is 0 Å². The summed E-state index contributed by atoms with van der Waals surface area (Å²) >= 11 is 0. The molecule has 0 N–H and O–H groups in total. The standard InChI is InChI=1S/C20H26N6O/c1-2-17-14-19(23-15-22-17)25-11-9-24(10-12-25)18-13-16(5-6-21-18)20(27)26-7-3-4-8-26/h5-6,13-15H,2-4,7-12H2,1H3. The molecule has 4 heterocycles. The van der Waals surface area contributed by atoms with E-state index in [9.17, 15) is 4.79 Å². The van der Waals surface area contributed by atoms with Crippen molar-refractivity contribution in [2.45, 2.75) is 26.2 Å². The number of amides is 1. The number of hydrogen-bond acceptors (Lipinski definition) is 6. The van der Waals surface area contributed by atoms with Gasteiger partial charge in [-0.25, -0.2) is 15.0 Å². The van der Waals surface area contributed by atoms with Crippen molar-refractivity contribution in [1.29, 1.82) is 0 Å². The third kappa shape index (κ3) is 3.86. The minimum Gasteiger partial charge on any atom is -0.353 e. The van der Waals surface area contributed by atoms with E-state index in [1.165, 1.54) is 0 Å². The number of anilines is 2. The second kappa shape index (κ2) is 7.90. The van der Waals surface area contributed by atoms with E-state index in [1.807, 2.05) is 17.0 Å². The van der Waals surface area contributed by atoms with Crippen molar-refractivity contribution in [2.24, 2.45) is 0 Å². The van der Waals surface area contributed by atoms with Crippen molar-refractivity contribution < 1.29 is 4.79 Å². The average Bonchev–Trinajstić information content (AvgIpc) is 3.28. The molecule has 2 fully saturated rings. The SMILES string of the molecule is CCc1cc(N2CCN(c3cc(C(=O)N4CCCC4)ccn3)CC2)ncn1. The summed E-state index contributed by atoms with van der Waals surface area (Å²) in [5.41, 5.74) is 1.81. The Morgan fingerprint density at radius 1 is 0.926 bits per heavy atom. The number of hydrogen-bond donors (Lipinski definition) is 0. The van der Waals surface area contributed by atoms with Crippen LogP contribution >= 0.6 is 0 Å². The van der Waals surface area contributed by atoms with Gasteiger partial charge in [0.2, 0.25) is 0 Å². The minimum absolute atomic E-state index is 0.128. The van der Waals surface area contributed by atoms with E-state index in [2.05, 4.69) is 37.7 Å². The largest absolute Gasteiger partial charge is 0.353 e. The number of piperazine rings is 1. The van der Waals surface area contributed by atoms with Crippen LogP contribution in [0.3, 0.4) is 0 Å². The molecule has 0 aromatic carbocycles. The van der Waals surface area contributed by atoms with Gasteiger partial charge in [-0.2, -0.15) is 0 Å². The molecule has 2 aliphatic rings. The Morgan fingerprint density at radius 3 is 2.26 bits per heavy atom. The van der Waals surface area contributed by atoms with Gasteiger partial charge in [0.1, 0.15) is 18.0 Å². The van der Waals surface area contributed by atoms with Gasteiger partial charge in [-0.3, -0.25) is 4.79 Å². The summed E-state index contributed by atoms with van der Waals surface area (Å²) < 4.78 is 0. The Bertz CT molecular complexity index is 797. The zero-order valence-corrected chi connectivity index (χ0v) is 15.8. The van der Waals surface area contributed by atoms with Gasteiger partial charge in [0.05, 0.1) is 0 Å². The first-order valence-corrected chi connectivity index (χ1v) is 9.81. The van der Waals surface area contributed by atoms with Crippen LogP contribution in [-0.4, -0.2) is 65.0 Å². The molecule has 0 spiro atoms. The molecule has 2 aromatic heterocycles. The fourth-order valence-corrected chi connectivity index (χ4v) is 3.74. The van der Waals surface area contributed by atoms with Gasteiger partial charge in [-0.15, -0.1) is 0 Å². The number of carbonyl (C=O) groups is 1. The normalized spacial score (nSPS) is 17.4. The quantitative estimate of drug-likeness (QED) is 0.825. The maximum atomic E-state index is 12.6. The van der Waals surface area contributed by atoms with Crippen molar-refractivity contribution >= 4 is 17.5 Å². The molecular formula is C20H26N6O. The van der Waals surface area contributed by atoms with Gasteiger partial charge in [-0.05, 0) is 31.4 Å². The highest BCUT2D eigenvalue weighted by Gasteiger charge is 2.23. The van der Waals surface area contributed by atoms with Gasteiger partial charge in [0, 0.05) is 62.8 Å². The van der Waals surface area contributed by atoms with Gasteiger partial charge in [0.25, 0.3) is 5.91 Å². The summed E-state index contributed by atoms with van der Waals surface area (Å²) in [6.07, 6.45) is 6.53. The van der Waals surface area contributed by atoms with Crippen LogP contribution in [0.2, 0.25) is 0 Å². The topological polar surface area (TPSA) is 65.5 Å². The van der Waals surface area contributed by atoms with Crippen molar-refractivity contribution in [2.75, 3.05) is 49.1 Å². The summed E-state index contributed by atoms with van der Waals surface area (Å²) in [5.74, 6) is 2.01. The molecule has 27 heavy (non-hydrogen) atoms. The first kappa shape index (κ1) is 17.7. The predicted octanol–water partition coefficient (Wildman–Crippen LogP) is 2.00. The molecule has 1 amide bonds. The Hall–Kier alpha value is -2.70. The molecule has 0 atom stereocenters. The lowest BCUT2D eigenvalue weighted by Gasteiger charge is -2.36. The molecular weight excluding hydrogens is 340 g/mol. The van der Waals surface area contributed by atoms with E-state index in [-0.39, 0.29) is 5.91 Å². The first-order chi connectivity index (χ1) is 13.2. The molecule has 142 valence electrons. The van der Waals surface area contributed by atoms with Crippen LogP contribution in [0, 0.1) is 0 Å². The number of likely N-dealkylation sites (tertiary alicyclic amines) is 1. The molecule has 0 aliphatic carbocycles. The molecule has 0 unspecified atom stereocenters. The van der Waals surface area contributed by atoms with Crippen LogP contribution in [0.4, 0.5) is 11.6 Å².